The van der Waals surface area contributed by atoms with E-state index in [9.17, 15) is 13.9 Å². The molecule has 0 saturated carbocycles. The fourth-order valence-electron chi connectivity index (χ4n) is 3.30. The first-order valence-corrected chi connectivity index (χ1v) is 12.2. The lowest BCUT2D eigenvalue weighted by atomic mass is 9.90. The zero-order valence-corrected chi connectivity index (χ0v) is 18.6. The van der Waals surface area contributed by atoms with Gasteiger partial charge in [0.25, 0.3) is 0 Å². The third-order valence-corrected chi connectivity index (χ3v) is 7.79. The van der Waals surface area contributed by atoms with Gasteiger partial charge in [-0.1, -0.05) is 13.0 Å². The molecule has 0 radical (unpaired) electrons. The van der Waals surface area contributed by atoms with Crippen LogP contribution in [0.4, 0.5) is 8.78 Å². The van der Waals surface area contributed by atoms with Gasteiger partial charge < -0.3 is 5.11 Å². The van der Waals surface area contributed by atoms with Crippen molar-refractivity contribution in [3.8, 4) is 0 Å². The molecule has 3 aromatic heterocycles. The molecule has 3 heterocycles. The number of thioether (sulfide) groups is 2. The first-order chi connectivity index (χ1) is 14.4. The average molecular weight is 468 g/mol. The van der Waals surface area contributed by atoms with Crippen LogP contribution in [-0.2, 0) is 17.9 Å². The second-order valence-electron chi connectivity index (χ2n) is 6.72. The van der Waals surface area contributed by atoms with Gasteiger partial charge in [-0.15, -0.1) is 34.9 Å². The maximum atomic E-state index is 14.6. The summed E-state index contributed by atoms with van der Waals surface area (Å²) in [6.45, 7) is 1.80. The van der Waals surface area contributed by atoms with Crippen molar-refractivity contribution in [3.05, 3.63) is 65.3 Å². The highest BCUT2D eigenvalue weighted by atomic mass is 32.2. The van der Waals surface area contributed by atoms with Crippen LogP contribution in [-0.4, -0.2) is 40.8 Å². The highest BCUT2D eigenvalue weighted by Crippen LogP contribution is 2.38. The molecule has 30 heavy (non-hydrogen) atoms. The van der Waals surface area contributed by atoms with Gasteiger partial charge >= 0.3 is 0 Å². The largest absolute Gasteiger partial charge is 0.382 e. The Labute approximate surface area is 184 Å². The predicted molar refractivity (Wildman–Crippen MR) is 116 cm³/mol. The molecule has 2 atom stereocenters. The van der Waals surface area contributed by atoms with E-state index in [-0.39, 0.29) is 12.1 Å². The maximum Gasteiger partial charge on any atom is 0.194 e. The van der Waals surface area contributed by atoms with Crippen LogP contribution in [0.5, 0.6) is 0 Å². The normalized spacial score (nSPS) is 14.8. The third kappa shape index (κ3) is 3.98. The van der Waals surface area contributed by atoms with Crippen LogP contribution in [0.1, 0.15) is 18.2 Å². The van der Waals surface area contributed by atoms with Crippen LogP contribution in [0.3, 0.4) is 0 Å². The summed E-state index contributed by atoms with van der Waals surface area (Å²) in [5.41, 5.74) is -0.698. The summed E-state index contributed by atoms with van der Waals surface area (Å²) in [5.74, 6) is -0.950. The SMILES string of the molecule is CSc1c(CS[C@H](C)[C@](O)(Cn2cncn2)c2ccc(F)cc2F)nc2sccn12. The molecule has 0 aliphatic heterocycles. The monoisotopic (exact) mass is 467 g/mol. The van der Waals surface area contributed by atoms with Gasteiger partial charge in [-0.3, -0.25) is 4.40 Å². The third-order valence-electron chi connectivity index (χ3n) is 4.89. The fraction of sp³-hybridized carbons (Fsp3) is 0.316. The maximum absolute atomic E-state index is 14.6. The van der Waals surface area contributed by atoms with Crippen molar-refractivity contribution in [3.63, 3.8) is 0 Å². The Hall–Kier alpha value is -1.95. The Morgan fingerprint density at radius 3 is 2.87 bits per heavy atom. The highest BCUT2D eigenvalue weighted by Gasteiger charge is 2.39. The van der Waals surface area contributed by atoms with E-state index in [1.165, 1.54) is 35.2 Å². The summed E-state index contributed by atoms with van der Waals surface area (Å²) in [6, 6.07) is 3.23. The van der Waals surface area contributed by atoms with E-state index in [1.54, 1.807) is 23.1 Å². The number of hydrogen-bond donors (Lipinski definition) is 1. The summed E-state index contributed by atoms with van der Waals surface area (Å²) in [7, 11) is 0. The number of imidazole rings is 1. The molecular weight excluding hydrogens is 448 g/mol. The lowest BCUT2D eigenvalue weighted by Gasteiger charge is -2.34. The molecule has 1 N–H and O–H groups in total. The van der Waals surface area contributed by atoms with Crippen LogP contribution in [0.2, 0.25) is 0 Å². The smallest absolute Gasteiger partial charge is 0.194 e. The number of nitrogens with zero attached hydrogens (tertiary/aromatic N) is 5. The van der Waals surface area contributed by atoms with Crippen LogP contribution in [0.15, 0.2) is 47.5 Å². The number of hydrogen-bond acceptors (Lipinski definition) is 7. The molecule has 0 unspecified atom stereocenters. The van der Waals surface area contributed by atoms with Crippen LogP contribution in [0, 0.1) is 11.6 Å². The van der Waals surface area contributed by atoms with E-state index in [1.807, 2.05) is 29.2 Å². The van der Waals surface area contributed by atoms with Gasteiger partial charge in [0.1, 0.15) is 34.9 Å². The van der Waals surface area contributed by atoms with E-state index in [2.05, 4.69) is 15.1 Å². The number of thiazole rings is 1. The van der Waals surface area contributed by atoms with Gasteiger partial charge in [-0.2, -0.15) is 5.10 Å². The number of aliphatic hydroxyl groups is 1. The molecule has 1 aromatic carbocycles. The Morgan fingerprint density at radius 1 is 1.33 bits per heavy atom. The molecular formula is C19H19F2N5OS3. The predicted octanol–water partition coefficient (Wildman–Crippen LogP) is 4.20. The molecule has 6 nitrogen and oxygen atoms in total. The van der Waals surface area contributed by atoms with Gasteiger partial charge in [-0.05, 0) is 12.3 Å². The summed E-state index contributed by atoms with van der Waals surface area (Å²) in [6.07, 6.45) is 6.78. The molecule has 0 saturated heterocycles. The minimum absolute atomic E-state index is 0.0165. The molecule has 11 heteroatoms. The summed E-state index contributed by atoms with van der Waals surface area (Å²) in [5, 5.41) is 18.2. The van der Waals surface area contributed by atoms with Gasteiger partial charge in [0.2, 0.25) is 0 Å². The van der Waals surface area contributed by atoms with Crippen molar-refractivity contribution in [2.75, 3.05) is 6.26 Å². The Bertz CT molecular complexity index is 1150. The first kappa shape index (κ1) is 21.3. The lowest BCUT2D eigenvalue weighted by molar-refractivity contribution is 0.0133. The average Bonchev–Trinajstić information content (AvgIpc) is 3.43. The van der Waals surface area contributed by atoms with Crippen LogP contribution < -0.4 is 0 Å². The van der Waals surface area contributed by atoms with Crippen molar-refractivity contribution < 1.29 is 13.9 Å². The topological polar surface area (TPSA) is 68.2 Å². The van der Waals surface area contributed by atoms with Gasteiger partial charge in [0.15, 0.2) is 4.96 Å². The van der Waals surface area contributed by atoms with Crippen molar-refractivity contribution in [1.29, 1.82) is 0 Å². The van der Waals surface area contributed by atoms with Gasteiger partial charge in [0.05, 0.1) is 12.2 Å². The second-order valence-corrected chi connectivity index (χ2v) is 9.72. The number of benzene rings is 1. The van der Waals surface area contributed by atoms with Crippen LogP contribution >= 0.6 is 34.9 Å². The Kier molecular flexibility index (Phi) is 6.14. The van der Waals surface area contributed by atoms with Crippen molar-refractivity contribution in [2.24, 2.45) is 0 Å². The lowest BCUT2D eigenvalue weighted by Crippen LogP contribution is -2.41. The van der Waals surface area contributed by atoms with E-state index in [0.29, 0.717) is 5.75 Å². The minimum Gasteiger partial charge on any atom is -0.382 e. The highest BCUT2D eigenvalue weighted by molar-refractivity contribution is 7.99. The molecule has 0 fully saturated rings. The molecule has 0 amide bonds. The number of fused-ring (bicyclic) bond motifs is 1. The molecule has 0 spiro atoms. The minimum atomic E-state index is -1.63. The Balaban J connectivity index is 1.63. The summed E-state index contributed by atoms with van der Waals surface area (Å²) >= 11 is 4.62. The van der Waals surface area contributed by atoms with Crippen LogP contribution in [0.25, 0.3) is 4.96 Å². The van der Waals surface area contributed by atoms with Crippen molar-refractivity contribution in [1.82, 2.24) is 24.1 Å². The standard InChI is InChI=1S/C19H19F2N5OS3/c1-12(30-8-16-17(28-2)26-5-6-29-18(26)24-16)19(27,9-25-11-22-10-23-25)14-4-3-13(20)7-15(14)21/h3-7,10-12,27H,8-9H2,1-2H3/t12-,19-/m1/s1. The zero-order chi connectivity index (χ0) is 21.3. The number of aromatic nitrogens is 5. The second kappa shape index (κ2) is 8.66. The summed E-state index contributed by atoms with van der Waals surface area (Å²) < 4.78 is 31.6. The molecule has 0 aliphatic rings. The zero-order valence-electron chi connectivity index (χ0n) is 16.2. The number of halogens is 2. The molecule has 4 rings (SSSR count). The van der Waals surface area contributed by atoms with Crippen molar-refractivity contribution in [2.45, 2.75) is 35.1 Å². The van der Waals surface area contributed by atoms with E-state index in [4.69, 9.17) is 0 Å². The van der Waals surface area contributed by atoms with Gasteiger partial charge in [0, 0.05) is 34.2 Å². The van der Waals surface area contributed by atoms with E-state index >= 15 is 0 Å². The summed E-state index contributed by atoms with van der Waals surface area (Å²) in [4.78, 5) is 9.49. The molecule has 0 bridgehead atoms. The van der Waals surface area contributed by atoms with Gasteiger partial charge in [-0.25, -0.2) is 23.4 Å². The number of rotatable bonds is 8. The van der Waals surface area contributed by atoms with E-state index in [0.717, 1.165) is 27.8 Å². The fourth-order valence-corrected chi connectivity index (χ4v) is 5.96. The van der Waals surface area contributed by atoms with E-state index < -0.39 is 22.5 Å². The first-order valence-electron chi connectivity index (χ1n) is 9.02. The molecule has 0 aliphatic carbocycles. The molecule has 158 valence electrons. The molecule has 4 aromatic rings. The quantitative estimate of drug-likeness (QED) is 0.392. The van der Waals surface area contributed by atoms with Crippen molar-refractivity contribution >= 4 is 39.8 Å². The Morgan fingerprint density at radius 2 is 2.17 bits per heavy atom.